The summed E-state index contributed by atoms with van der Waals surface area (Å²) >= 11 is 0. The monoisotopic (exact) mass is 645 g/mol. The van der Waals surface area contributed by atoms with Crippen LogP contribution in [-0.4, -0.2) is 203 Å². The Morgan fingerprint density at radius 1 is 0.886 bits per heavy atom. The van der Waals surface area contributed by atoms with Gasteiger partial charge in [-0.05, 0) is 12.5 Å². The second-order valence-corrected chi connectivity index (χ2v) is 11.0. The summed E-state index contributed by atoms with van der Waals surface area (Å²) in [5, 5.41) is 135. The van der Waals surface area contributed by atoms with Crippen molar-refractivity contribution in [1.82, 2.24) is 5.32 Å². The summed E-state index contributed by atoms with van der Waals surface area (Å²) in [5.74, 6) is 0. The van der Waals surface area contributed by atoms with E-state index in [0.717, 1.165) is 0 Å². The Balaban J connectivity index is 1.71. The first kappa shape index (κ1) is 37.2. The number of ether oxygens (including phenoxy) is 4. The average Bonchev–Trinajstić information content (AvgIpc) is 3.02. The maximum atomic E-state index is 10.9. The lowest BCUT2D eigenvalue weighted by Gasteiger charge is -2.48. The van der Waals surface area contributed by atoms with E-state index in [-0.39, 0.29) is 11.9 Å². The molecule has 0 aromatic carbocycles. The van der Waals surface area contributed by atoms with Gasteiger partial charge in [-0.3, -0.25) is 0 Å². The lowest BCUT2D eigenvalue weighted by molar-refractivity contribution is -0.361. The number of aldehydes is 1. The van der Waals surface area contributed by atoms with Crippen LogP contribution in [0.2, 0.25) is 0 Å². The third-order valence-electron chi connectivity index (χ3n) is 8.03. The topological polar surface area (TPSA) is 329 Å². The molecule has 0 spiro atoms. The normalized spacial score (nSPS) is 44.4. The SMILES string of the molecule is C[C@H]1O[C@@H](O[C@@H]2[C@@H](O)[C@H](O)[C@@H](O[C@@H]([C@H](O)[C@H](O)C=O)[C@H](O)CO)O[C@H]2CO)[C@H](O)[C@H](O)[C@@H]1N[C@@H]1C=C(CO)[C@@H](O)[C@H](O)[C@@H]1O. The minimum absolute atomic E-state index is 0.00900. The van der Waals surface area contributed by atoms with Crippen LogP contribution in [-0.2, 0) is 23.7 Å². The predicted molar refractivity (Wildman–Crippen MR) is 139 cm³/mol. The first-order valence-electron chi connectivity index (χ1n) is 13.9. The van der Waals surface area contributed by atoms with Gasteiger partial charge < -0.3 is 95.4 Å². The van der Waals surface area contributed by atoms with Crippen molar-refractivity contribution in [3.8, 4) is 0 Å². The summed E-state index contributed by atoms with van der Waals surface area (Å²) in [6.45, 7) is -1.08. The molecule has 0 amide bonds. The van der Waals surface area contributed by atoms with Crippen molar-refractivity contribution in [2.45, 2.75) is 117 Å². The van der Waals surface area contributed by atoms with Gasteiger partial charge in [-0.25, -0.2) is 0 Å². The van der Waals surface area contributed by atoms with Gasteiger partial charge >= 0.3 is 0 Å². The molecule has 3 rings (SSSR count). The maximum Gasteiger partial charge on any atom is 0.187 e. The van der Waals surface area contributed by atoms with Gasteiger partial charge in [0.1, 0.15) is 79.4 Å². The Hall–Kier alpha value is -1.31. The van der Waals surface area contributed by atoms with Crippen LogP contribution in [0.5, 0.6) is 0 Å². The molecule has 0 bridgehead atoms. The number of carbonyl (C=O) groups excluding carboxylic acids is 1. The van der Waals surface area contributed by atoms with Crippen molar-refractivity contribution in [2.75, 3.05) is 19.8 Å². The van der Waals surface area contributed by atoms with Gasteiger partial charge in [0.05, 0.1) is 38.0 Å². The van der Waals surface area contributed by atoms with Crippen LogP contribution in [0.1, 0.15) is 6.92 Å². The van der Waals surface area contributed by atoms with Crippen molar-refractivity contribution >= 4 is 6.29 Å². The molecular weight excluding hydrogens is 602 g/mol. The van der Waals surface area contributed by atoms with E-state index in [0.29, 0.717) is 0 Å². The van der Waals surface area contributed by atoms with Gasteiger partial charge in [0.2, 0.25) is 0 Å². The summed E-state index contributed by atoms with van der Waals surface area (Å²) in [5.41, 5.74) is 0.00900. The molecule has 0 radical (unpaired) electrons. The molecule has 0 aromatic heterocycles. The molecule has 0 aromatic rings. The molecule has 14 N–H and O–H groups in total. The molecular formula is C25H43NO18. The van der Waals surface area contributed by atoms with Crippen molar-refractivity contribution in [1.29, 1.82) is 0 Å². The third kappa shape index (κ3) is 7.79. The zero-order valence-corrected chi connectivity index (χ0v) is 23.5. The summed E-state index contributed by atoms with van der Waals surface area (Å²) in [4.78, 5) is 10.9. The van der Waals surface area contributed by atoms with Crippen molar-refractivity contribution in [3.05, 3.63) is 11.6 Å². The molecule has 19 heteroatoms. The highest BCUT2D eigenvalue weighted by Crippen LogP contribution is 2.31. The fourth-order valence-electron chi connectivity index (χ4n) is 5.36. The molecule has 19 nitrogen and oxygen atoms in total. The van der Waals surface area contributed by atoms with E-state index in [2.05, 4.69) is 5.32 Å². The molecule has 3 aliphatic rings. The van der Waals surface area contributed by atoms with Crippen LogP contribution in [0.15, 0.2) is 11.6 Å². The molecule has 2 heterocycles. The van der Waals surface area contributed by atoms with Crippen LogP contribution >= 0.6 is 0 Å². The van der Waals surface area contributed by atoms with Gasteiger partial charge in [0.25, 0.3) is 0 Å². The van der Waals surface area contributed by atoms with Crippen LogP contribution in [0.3, 0.4) is 0 Å². The fraction of sp³-hybridized carbons (Fsp3) is 0.880. The Morgan fingerprint density at radius 2 is 1.52 bits per heavy atom. The van der Waals surface area contributed by atoms with E-state index < -0.39 is 130 Å². The summed E-state index contributed by atoms with van der Waals surface area (Å²) in [6, 6.07) is -2.21. The number of carbonyl (C=O) groups is 1. The van der Waals surface area contributed by atoms with Crippen molar-refractivity contribution in [2.24, 2.45) is 0 Å². The maximum absolute atomic E-state index is 10.9. The molecule has 2 fully saturated rings. The van der Waals surface area contributed by atoms with Gasteiger partial charge in [-0.2, -0.15) is 0 Å². The minimum atomic E-state index is -2.10. The quantitative estimate of drug-likeness (QED) is 0.0653. The lowest BCUT2D eigenvalue weighted by atomic mass is 9.86. The number of nitrogens with one attached hydrogen (secondary N) is 1. The van der Waals surface area contributed by atoms with E-state index in [1.54, 1.807) is 0 Å². The van der Waals surface area contributed by atoms with Crippen LogP contribution < -0.4 is 5.32 Å². The first-order chi connectivity index (χ1) is 20.7. The second-order valence-electron chi connectivity index (χ2n) is 11.0. The molecule has 1 aliphatic carbocycles. The lowest BCUT2D eigenvalue weighted by Crippen LogP contribution is -2.68. The number of hydrogen-bond donors (Lipinski definition) is 14. The Morgan fingerprint density at radius 3 is 2.09 bits per heavy atom. The van der Waals surface area contributed by atoms with Crippen LogP contribution in [0.4, 0.5) is 0 Å². The molecule has 0 saturated carbocycles. The molecule has 2 saturated heterocycles. The van der Waals surface area contributed by atoms with Crippen molar-refractivity contribution in [3.63, 3.8) is 0 Å². The van der Waals surface area contributed by atoms with Gasteiger partial charge in [-0.15, -0.1) is 0 Å². The summed E-state index contributed by atoms with van der Waals surface area (Å²) < 4.78 is 22.0. The number of rotatable bonds is 13. The minimum Gasteiger partial charge on any atom is -0.394 e. The van der Waals surface area contributed by atoms with E-state index in [1.807, 2.05) is 0 Å². The highest BCUT2D eigenvalue weighted by Gasteiger charge is 2.52. The zero-order valence-electron chi connectivity index (χ0n) is 23.5. The Kier molecular flexibility index (Phi) is 13.5. The summed E-state index contributed by atoms with van der Waals surface area (Å²) in [7, 11) is 0. The largest absolute Gasteiger partial charge is 0.394 e. The molecule has 2 aliphatic heterocycles. The number of aliphatic hydroxyl groups is 13. The average molecular weight is 646 g/mol. The predicted octanol–water partition coefficient (Wildman–Crippen LogP) is -8.72. The van der Waals surface area contributed by atoms with Crippen LogP contribution in [0, 0.1) is 0 Å². The second kappa shape index (κ2) is 16.0. The van der Waals surface area contributed by atoms with E-state index in [4.69, 9.17) is 18.9 Å². The van der Waals surface area contributed by atoms with Gasteiger partial charge in [0, 0.05) is 0 Å². The molecule has 0 unspecified atom stereocenters. The third-order valence-corrected chi connectivity index (χ3v) is 8.03. The molecule has 256 valence electrons. The number of aliphatic hydroxyl groups excluding tert-OH is 13. The highest BCUT2D eigenvalue weighted by atomic mass is 16.7. The van der Waals surface area contributed by atoms with E-state index in [1.165, 1.54) is 13.0 Å². The smallest absolute Gasteiger partial charge is 0.187 e. The standard InChI is InChI=1S/C25H43NO18/c1-7-13(26-9-2-8(3-27)14(33)18(37)15(9)34)17(36)20(39)24(41-7)44-23-12(6-30)42-25(21(40)19(23)38)43-22(11(32)5-29)16(35)10(31)4-28/h2,4,7,9-27,29-40H,3,5-6H2,1H3/t7-,9-,10-,11-,12+,13-,14-,15-,16-,17-,18+,19+,20-,21+,22-,23+,24+,25-/m1/s1. The molecule has 18 atom stereocenters. The Labute approximate surface area is 250 Å². The number of hydrogen-bond acceptors (Lipinski definition) is 19. The van der Waals surface area contributed by atoms with E-state index >= 15 is 0 Å². The molecule has 44 heavy (non-hydrogen) atoms. The van der Waals surface area contributed by atoms with Gasteiger partial charge in [0.15, 0.2) is 18.9 Å². The zero-order chi connectivity index (χ0) is 33.0. The first-order valence-corrected chi connectivity index (χ1v) is 13.9. The Bertz CT molecular complexity index is 943. The van der Waals surface area contributed by atoms with Crippen molar-refractivity contribution < 1.29 is 90.1 Å². The van der Waals surface area contributed by atoms with E-state index in [9.17, 15) is 71.2 Å². The fourth-order valence-corrected chi connectivity index (χ4v) is 5.36. The van der Waals surface area contributed by atoms with Gasteiger partial charge in [-0.1, -0.05) is 6.08 Å². The highest BCUT2D eigenvalue weighted by molar-refractivity contribution is 5.56. The van der Waals surface area contributed by atoms with Crippen LogP contribution in [0.25, 0.3) is 0 Å². The summed E-state index contributed by atoms with van der Waals surface area (Å²) in [6.07, 6.45) is -26.8.